The largest absolute Gasteiger partial charge is 0.369 e. The molecule has 0 spiro atoms. The molecule has 0 radical (unpaired) electrons. The third-order valence-corrected chi connectivity index (χ3v) is 7.91. The van der Waals surface area contributed by atoms with Crippen molar-refractivity contribution >= 4 is 69.6 Å². The minimum atomic E-state index is -0.471. The normalized spacial score (nSPS) is 10.6. The molecule has 0 aliphatic heterocycles. The van der Waals surface area contributed by atoms with Gasteiger partial charge in [-0.1, -0.05) is 0 Å². The van der Waals surface area contributed by atoms with E-state index in [9.17, 15) is 19.2 Å². The average molecular weight is 681 g/mol. The second-order valence-corrected chi connectivity index (χ2v) is 11.3. The number of nitrogens with one attached hydrogen (secondary N) is 7. The monoisotopic (exact) mass is 679 g/mol. The number of rotatable bonds is 14. The Morgan fingerprint density at radius 1 is 0.702 bits per heavy atom. The number of nitriles is 1. The second-order valence-electron chi connectivity index (χ2n) is 10.5. The molecule has 3 aromatic heterocycles. The van der Waals surface area contributed by atoms with E-state index in [4.69, 9.17) is 28.5 Å². The SMILES string of the molecule is Cc1c(NC(=O)c2ccc(N(CCCl)CCCl)cc2)c[nH]c1C(=O)Nc1c[nH]c(C(=O)Nc2c[nH]c(C(=O)NCCC#N)c2C)c1C. The molecule has 15 heteroatoms. The zero-order valence-electron chi connectivity index (χ0n) is 26.1. The fraction of sp³-hybridized carbons (Fsp3) is 0.281. The molecule has 4 amide bonds. The Balaban J connectivity index is 1.38. The van der Waals surface area contributed by atoms with Crippen LogP contribution >= 0.6 is 23.2 Å². The molecule has 0 bridgehead atoms. The lowest BCUT2D eigenvalue weighted by Crippen LogP contribution is -2.27. The van der Waals surface area contributed by atoms with E-state index in [0.29, 0.717) is 64.2 Å². The Morgan fingerprint density at radius 2 is 1.13 bits per heavy atom. The van der Waals surface area contributed by atoms with Crippen molar-refractivity contribution in [2.45, 2.75) is 27.2 Å². The molecule has 0 aliphatic rings. The van der Waals surface area contributed by atoms with Crippen molar-refractivity contribution in [3.63, 3.8) is 0 Å². The molecule has 13 nitrogen and oxygen atoms in total. The molecule has 0 atom stereocenters. The van der Waals surface area contributed by atoms with Crippen molar-refractivity contribution in [3.05, 3.63) is 82.2 Å². The second kappa shape index (κ2) is 15.9. The van der Waals surface area contributed by atoms with Crippen LogP contribution < -0.4 is 26.2 Å². The summed E-state index contributed by atoms with van der Waals surface area (Å²) in [5.41, 5.74) is 4.88. The number of aromatic nitrogens is 3. The summed E-state index contributed by atoms with van der Waals surface area (Å²) in [6.07, 6.45) is 4.74. The number of aromatic amines is 3. The van der Waals surface area contributed by atoms with Crippen LogP contribution in [0.25, 0.3) is 0 Å². The highest BCUT2D eigenvalue weighted by atomic mass is 35.5. The number of carbonyl (C=O) groups excluding carboxylic acids is 4. The van der Waals surface area contributed by atoms with E-state index in [0.717, 1.165) is 5.69 Å². The van der Waals surface area contributed by atoms with E-state index in [-0.39, 0.29) is 41.9 Å². The molecule has 0 aliphatic carbocycles. The number of halogens is 2. The molecule has 0 saturated carbocycles. The number of hydrogen-bond acceptors (Lipinski definition) is 6. The van der Waals surface area contributed by atoms with Crippen molar-refractivity contribution in [2.24, 2.45) is 0 Å². The zero-order chi connectivity index (χ0) is 34.1. The van der Waals surface area contributed by atoms with Gasteiger partial charge in [0.1, 0.15) is 17.1 Å². The highest BCUT2D eigenvalue weighted by Crippen LogP contribution is 2.25. The molecule has 1 aromatic carbocycles. The van der Waals surface area contributed by atoms with E-state index in [2.05, 4.69) is 36.2 Å². The average Bonchev–Trinajstić information content (AvgIpc) is 3.73. The first kappa shape index (κ1) is 34.7. The van der Waals surface area contributed by atoms with Crippen LogP contribution in [0.5, 0.6) is 0 Å². The molecule has 7 N–H and O–H groups in total. The van der Waals surface area contributed by atoms with Gasteiger partial charge in [-0.2, -0.15) is 5.26 Å². The van der Waals surface area contributed by atoms with Crippen LogP contribution in [-0.2, 0) is 0 Å². The van der Waals surface area contributed by atoms with Crippen molar-refractivity contribution in [1.29, 1.82) is 5.26 Å². The highest BCUT2D eigenvalue weighted by molar-refractivity contribution is 6.18. The van der Waals surface area contributed by atoms with E-state index in [1.54, 1.807) is 39.1 Å². The van der Waals surface area contributed by atoms with Gasteiger partial charge in [-0.25, -0.2) is 0 Å². The lowest BCUT2D eigenvalue weighted by atomic mass is 10.1. The summed E-state index contributed by atoms with van der Waals surface area (Å²) < 4.78 is 0. The van der Waals surface area contributed by atoms with Gasteiger partial charge < -0.3 is 41.1 Å². The van der Waals surface area contributed by atoms with Crippen LogP contribution in [0.2, 0.25) is 0 Å². The number of anilines is 4. The number of H-pyrrole nitrogens is 3. The van der Waals surface area contributed by atoms with Crippen LogP contribution in [0.15, 0.2) is 42.9 Å². The van der Waals surface area contributed by atoms with Crippen molar-refractivity contribution in [1.82, 2.24) is 20.3 Å². The first-order valence-electron chi connectivity index (χ1n) is 14.7. The van der Waals surface area contributed by atoms with Gasteiger partial charge in [0.15, 0.2) is 0 Å². The number of carbonyl (C=O) groups is 4. The predicted molar refractivity (Wildman–Crippen MR) is 183 cm³/mol. The topological polar surface area (TPSA) is 191 Å². The van der Waals surface area contributed by atoms with Crippen LogP contribution in [0.3, 0.4) is 0 Å². The summed E-state index contributed by atoms with van der Waals surface area (Å²) in [5, 5.41) is 19.7. The molecule has 0 saturated heterocycles. The molecule has 4 rings (SSSR count). The van der Waals surface area contributed by atoms with Crippen LogP contribution in [0.1, 0.15) is 64.9 Å². The number of alkyl halides is 2. The smallest absolute Gasteiger partial charge is 0.272 e. The van der Waals surface area contributed by atoms with Crippen molar-refractivity contribution in [2.75, 3.05) is 52.2 Å². The Kier molecular flexibility index (Phi) is 11.7. The Hall–Kier alpha value is -5.19. The lowest BCUT2D eigenvalue weighted by Gasteiger charge is -2.22. The number of hydrogen-bond donors (Lipinski definition) is 7. The summed E-state index contributed by atoms with van der Waals surface area (Å²) >= 11 is 11.8. The van der Waals surface area contributed by atoms with Gasteiger partial charge in [-0.05, 0) is 45.0 Å². The van der Waals surface area contributed by atoms with Gasteiger partial charge in [-0.3, -0.25) is 19.2 Å². The first-order valence-corrected chi connectivity index (χ1v) is 15.8. The third-order valence-electron chi connectivity index (χ3n) is 7.57. The van der Waals surface area contributed by atoms with E-state index in [1.165, 1.54) is 12.4 Å². The molecule has 0 unspecified atom stereocenters. The minimum Gasteiger partial charge on any atom is -0.369 e. The summed E-state index contributed by atoms with van der Waals surface area (Å²) in [5.74, 6) is -0.760. The molecule has 47 heavy (non-hydrogen) atoms. The highest BCUT2D eigenvalue weighted by Gasteiger charge is 2.22. The maximum atomic E-state index is 13.2. The number of nitrogens with zero attached hydrogens (tertiary/aromatic N) is 2. The van der Waals surface area contributed by atoms with Gasteiger partial charge in [0.2, 0.25) is 0 Å². The maximum Gasteiger partial charge on any atom is 0.272 e. The van der Waals surface area contributed by atoms with Gasteiger partial charge in [0.05, 0.1) is 29.6 Å². The molecular formula is C32H35Cl2N9O4. The molecular weight excluding hydrogens is 645 g/mol. The molecule has 4 aromatic rings. The van der Waals surface area contributed by atoms with Crippen molar-refractivity contribution < 1.29 is 19.2 Å². The van der Waals surface area contributed by atoms with Gasteiger partial charge >= 0.3 is 0 Å². The van der Waals surface area contributed by atoms with Gasteiger partial charge in [0.25, 0.3) is 23.6 Å². The fourth-order valence-corrected chi connectivity index (χ4v) is 5.27. The summed E-state index contributed by atoms with van der Waals surface area (Å²) in [4.78, 5) is 62.3. The zero-order valence-corrected chi connectivity index (χ0v) is 27.6. The Bertz CT molecular complexity index is 1800. The standard InChI is InChI=1S/C32H35Cl2N9O4/c1-18-24(16-37-26(18)30(45)36-12-4-11-35)41-32(47)28-20(3)25(17-39-28)42-31(46)27-19(2)23(15-38-27)40-29(44)21-5-7-22(8-6-21)43(13-9-33)14-10-34/h5-8,15-17,37-39H,4,9-10,12-14H2,1-3H3,(H,36,45)(H,40,44)(H,41,47)(H,42,46). The third kappa shape index (κ3) is 8.16. The first-order chi connectivity index (χ1) is 22.6. The molecule has 3 heterocycles. The predicted octanol–water partition coefficient (Wildman–Crippen LogP) is 5.28. The number of benzene rings is 1. The lowest BCUT2D eigenvalue weighted by molar-refractivity contribution is 0.0947. The maximum absolute atomic E-state index is 13.2. The minimum absolute atomic E-state index is 0.183. The van der Waals surface area contributed by atoms with Crippen LogP contribution in [-0.4, -0.2) is 70.0 Å². The quantitative estimate of drug-likeness (QED) is 0.0700. The summed E-state index contributed by atoms with van der Waals surface area (Å²) in [6.45, 7) is 6.55. The van der Waals surface area contributed by atoms with Gasteiger partial charge in [0, 0.05) is 77.9 Å². The summed E-state index contributed by atoms with van der Waals surface area (Å²) in [7, 11) is 0. The molecule has 246 valence electrons. The number of amides is 4. The van der Waals surface area contributed by atoms with E-state index < -0.39 is 11.8 Å². The van der Waals surface area contributed by atoms with Gasteiger partial charge in [-0.15, -0.1) is 23.2 Å². The van der Waals surface area contributed by atoms with E-state index >= 15 is 0 Å². The fourth-order valence-electron chi connectivity index (χ4n) is 4.87. The Morgan fingerprint density at radius 3 is 1.55 bits per heavy atom. The van der Waals surface area contributed by atoms with E-state index in [1.807, 2.05) is 23.1 Å². The molecule has 0 fully saturated rings. The van der Waals surface area contributed by atoms with Crippen molar-refractivity contribution in [3.8, 4) is 6.07 Å². The summed E-state index contributed by atoms with van der Waals surface area (Å²) in [6, 6.07) is 9.05. The van der Waals surface area contributed by atoms with Crippen LogP contribution in [0, 0.1) is 32.1 Å². The van der Waals surface area contributed by atoms with Crippen LogP contribution in [0.4, 0.5) is 22.7 Å². The Labute approximate surface area is 281 Å².